The standard InChI is InChI=1S/C62H48N4/c1-62(2)55-27-13-12-26-51(55)53-36-54-52-29-28-46(42-19-8-4-9-20-42)35-59(52)66(60(54)37-56(53)62)50-33-48(44-23-14-16-40(30-44)39-63)32-49(34-50)58-38-57(64-61(65-58)43-21-10-5-11-22-43)47-25-15-24-45(31-47)41-17-6-3-7-18-41/h3-37,51-52,55,58-59H,38H2,1-2H3. The second-order valence-corrected chi connectivity index (χ2v) is 18.8. The Hall–Kier alpha value is -7.87. The molecule has 0 N–H and O–H groups in total. The van der Waals surface area contributed by atoms with Gasteiger partial charge >= 0.3 is 0 Å². The maximum Gasteiger partial charge on any atom is 0.155 e. The molecule has 3 aliphatic carbocycles. The number of benzene rings is 7. The van der Waals surface area contributed by atoms with E-state index in [4.69, 9.17) is 9.98 Å². The molecule has 5 aliphatic rings. The van der Waals surface area contributed by atoms with Gasteiger partial charge in [-0.05, 0) is 115 Å². The van der Waals surface area contributed by atoms with Crippen LogP contribution in [-0.2, 0) is 5.41 Å². The van der Waals surface area contributed by atoms with E-state index in [0.717, 1.165) is 50.6 Å². The van der Waals surface area contributed by atoms with Crippen molar-refractivity contribution in [2.45, 2.75) is 49.6 Å². The summed E-state index contributed by atoms with van der Waals surface area (Å²) in [5.41, 5.74) is 18.2. The van der Waals surface area contributed by atoms with Gasteiger partial charge < -0.3 is 4.90 Å². The number of amidine groups is 1. The van der Waals surface area contributed by atoms with Crippen LogP contribution in [-0.4, -0.2) is 17.6 Å². The Bertz CT molecular complexity index is 3290. The third-order valence-electron chi connectivity index (χ3n) is 14.6. The van der Waals surface area contributed by atoms with Gasteiger partial charge in [0.25, 0.3) is 0 Å². The van der Waals surface area contributed by atoms with E-state index in [1.54, 1.807) is 0 Å². The van der Waals surface area contributed by atoms with Gasteiger partial charge in [-0.1, -0.05) is 184 Å². The van der Waals surface area contributed by atoms with Gasteiger partial charge in [0.15, 0.2) is 5.84 Å². The number of hydrogen-bond donors (Lipinski definition) is 0. The molecule has 5 atom stereocenters. The maximum atomic E-state index is 10.1. The molecule has 4 heteroatoms. The molecule has 0 radical (unpaired) electrons. The van der Waals surface area contributed by atoms with Crippen LogP contribution < -0.4 is 4.90 Å². The van der Waals surface area contributed by atoms with Gasteiger partial charge in [-0.2, -0.15) is 5.26 Å². The number of nitrogens with zero attached hydrogens (tertiary/aromatic N) is 4. The first-order valence-corrected chi connectivity index (χ1v) is 23.2. The zero-order chi connectivity index (χ0) is 44.4. The number of nitriles is 1. The number of allylic oxidation sites excluding steroid dienone is 6. The summed E-state index contributed by atoms with van der Waals surface area (Å²) in [4.78, 5) is 13.5. The fraction of sp³-hybridized carbons (Fsp3) is 0.145. The van der Waals surface area contributed by atoms with Crippen LogP contribution in [0.5, 0.6) is 0 Å². The lowest BCUT2D eigenvalue weighted by molar-refractivity contribution is 0.394. The van der Waals surface area contributed by atoms with Crippen LogP contribution in [0.15, 0.2) is 222 Å². The predicted octanol–water partition coefficient (Wildman–Crippen LogP) is 14.6. The van der Waals surface area contributed by atoms with Gasteiger partial charge in [-0.25, -0.2) is 4.99 Å². The summed E-state index contributed by atoms with van der Waals surface area (Å²) in [5, 5.41) is 10.1. The van der Waals surface area contributed by atoms with Crippen molar-refractivity contribution < 1.29 is 0 Å². The Morgan fingerprint density at radius 2 is 1.27 bits per heavy atom. The van der Waals surface area contributed by atoms with E-state index in [1.165, 1.54) is 39.1 Å². The van der Waals surface area contributed by atoms with Gasteiger partial charge in [-0.15, -0.1) is 0 Å². The Morgan fingerprint density at radius 3 is 2.05 bits per heavy atom. The van der Waals surface area contributed by atoms with Gasteiger partial charge in [0.05, 0.1) is 29.4 Å². The number of anilines is 2. The highest BCUT2D eigenvalue weighted by Gasteiger charge is 2.48. The Balaban J connectivity index is 1.05. The molecule has 2 heterocycles. The number of aliphatic imine (C=N–C) groups is 2. The van der Waals surface area contributed by atoms with Crippen molar-refractivity contribution in [1.82, 2.24) is 0 Å². The predicted molar refractivity (Wildman–Crippen MR) is 272 cm³/mol. The van der Waals surface area contributed by atoms with Gasteiger partial charge in [0.1, 0.15) is 0 Å². The molecule has 0 amide bonds. The van der Waals surface area contributed by atoms with E-state index in [1.807, 2.05) is 24.3 Å². The number of rotatable bonds is 7. The lowest BCUT2D eigenvalue weighted by Gasteiger charge is -2.32. The molecule has 12 rings (SSSR count). The van der Waals surface area contributed by atoms with E-state index in [0.29, 0.717) is 23.8 Å². The van der Waals surface area contributed by atoms with Gasteiger partial charge in [0, 0.05) is 35.2 Å². The number of fused-ring (bicyclic) bond motifs is 6. The van der Waals surface area contributed by atoms with Crippen molar-refractivity contribution in [3.05, 3.63) is 257 Å². The second kappa shape index (κ2) is 16.0. The minimum Gasteiger partial charge on any atom is -0.333 e. The normalized spacial score (nSPS) is 21.7. The largest absolute Gasteiger partial charge is 0.333 e. The van der Waals surface area contributed by atoms with Gasteiger partial charge in [-0.3, -0.25) is 4.99 Å². The highest BCUT2D eigenvalue weighted by Crippen LogP contribution is 2.58. The van der Waals surface area contributed by atoms with Crippen molar-refractivity contribution in [2.24, 2.45) is 15.9 Å². The molecule has 0 fully saturated rings. The highest BCUT2D eigenvalue weighted by atomic mass is 15.2. The van der Waals surface area contributed by atoms with E-state index >= 15 is 0 Å². The van der Waals surface area contributed by atoms with Crippen molar-refractivity contribution >= 4 is 28.5 Å². The molecule has 66 heavy (non-hydrogen) atoms. The van der Waals surface area contributed by atoms with Crippen LogP contribution in [0.4, 0.5) is 11.4 Å². The summed E-state index contributed by atoms with van der Waals surface area (Å²) in [7, 11) is 0. The Labute approximate surface area is 387 Å². The zero-order valence-electron chi connectivity index (χ0n) is 37.1. The topological polar surface area (TPSA) is 51.8 Å². The number of hydrogen-bond acceptors (Lipinski definition) is 4. The molecule has 7 aromatic rings. The molecule has 7 aromatic carbocycles. The fourth-order valence-electron chi connectivity index (χ4n) is 11.3. The van der Waals surface area contributed by atoms with Crippen molar-refractivity contribution in [3.8, 4) is 28.3 Å². The average Bonchev–Trinajstić information content (AvgIpc) is 3.82. The monoisotopic (exact) mass is 848 g/mol. The zero-order valence-corrected chi connectivity index (χ0v) is 37.1. The molecule has 0 saturated carbocycles. The summed E-state index contributed by atoms with van der Waals surface area (Å²) < 4.78 is 0. The lowest BCUT2D eigenvalue weighted by Crippen LogP contribution is -2.30. The summed E-state index contributed by atoms with van der Waals surface area (Å²) in [6.07, 6.45) is 17.2. The lowest BCUT2D eigenvalue weighted by atomic mass is 9.74. The van der Waals surface area contributed by atoms with Crippen LogP contribution >= 0.6 is 0 Å². The summed E-state index contributed by atoms with van der Waals surface area (Å²) in [6.45, 7) is 4.85. The molecule has 0 bridgehead atoms. The molecule has 0 spiro atoms. The van der Waals surface area contributed by atoms with Crippen LogP contribution in [0.1, 0.15) is 82.7 Å². The molecule has 0 saturated heterocycles. The smallest absolute Gasteiger partial charge is 0.155 e. The Kier molecular flexibility index (Phi) is 9.61. The van der Waals surface area contributed by atoms with Crippen molar-refractivity contribution in [2.75, 3.05) is 4.90 Å². The SMILES string of the molecule is CC1(C)c2cc3c(cc2C2C=CC=CC21)C1C=CC(c2ccccc2)=CC1N3c1cc(-c2cccc(C#N)c2)cc(C2CC(c3cccc(-c4ccccc4)c3)=NC(c3ccccc3)=N2)c1. The fourth-order valence-corrected chi connectivity index (χ4v) is 11.3. The third-order valence-corrected chi connectivity index (χ3v) is 14.6. The summed E-state index contributed by atoms with van der Waals surface area (Å²) in [6, 6.07) is 62.8. The van der Waals surface area contributed by atoms with Crippen LogP contribution in [0.25, 0.3) is 27.8 Å². The molecule has 5 unspecified atom stereocenters. The Morgan fingerprint density at radius 1 is 0.591 bits per heavy atom. The first-order chi connectivity index (χ1) is 32.4. The molecule has 2 aliphatic heterocycles. The second-order valence-electron chi connectivity index (χ2n) is 18.8. The first-order valence-electron chi connectivity index (χ1n) is 23.2. The summed E-state index contributed by atoms with van der Waals surface area (Å²) in [5.74, 6) is 1.65. The minimum atomic E-state index is -0.230. The minimum absolute atomic E-state index is 0.0320. The average molecular weight is 849 g/mol. The van der Waals surface area contributed by atoms with Crippen molar-refractivity contribution in [3.63, 3.8) is 0 Å². The molecule has 0 aromatic heterocycles. The van der Waals surface area contributed by atoms with E-state index < -0.39 is 0 Å². The van der Waals surface area contributed by atoms with Crippen LogP contribution in [0, 0.1) is 17.2 Å². The third kappa shape index (κ3) is 6.82. The van der Waals surface area contributed by atoms with Crippen LogP contribution in [0.3, 0.4) is 0 Å². The van der Waals surface area contributed by atoms with E-state index in [9.17, 15) is 5.26 Å². The van der Waals surface area contributed by atoms with Gasteiger partial charge in [0.2, 0.25) is 0 Å². The first kappa shape index (κ1) is 39.7. The summed E-state index contributed by atoms with van der Waals surface area (Å²) >= 11 is 0. The highest BCUT2D eigenvalue weighted by molar-refractivity contribution is 6.14. The molecular formula is C62H48N4. The van der Waals surface area contributed by atoms with Crippen LogP contribution in [0.2, 0.25) is 0 Å². The van der Waals surface area contributed by atoms with Crippen molar-refractivity contribution in [1.29, 1.82) is 5.26 Å². The molecular weight excluding hydrogens is 801 g/mol. The quantitative estimate of drug-likeness (QED) is 0.160. The molecule has 316 valence electrons. The maximum absolute atomic E-state index is 10.1. The van der Waals surface area contributed by atoms with E-state index in [2.05, 4.69) is 213 Å². The van der Waals surface area contributed by atoms with E-state index in [-0.39, 0.29) is 23.4 Å². The molecule has 4 nitrogen and oxygen atoms in total.